The van der Waals surface area contributed by atoms with Gasteiger partial charge in [0, 0.05) is 51.2 Å². The molecule has 0 fully saturated rings. The lowest BCUT2D eigenvalue weighted by Crippen LogP contribution is -2.35. The van der Waals surface area contributed by atoms with E-state index in [1.54, 1.807) is 0 Å². The molecule has 4 heteroatoms. The second kappa shape index (κ2) is 12.8. The summed E-state index contributed by atoms with van der Waals surface area (Å²) in [6.07, 6.45) is 0. The number of anilines is 9. The van der Waals surface area contributed by atoms with Crippen LogP contribution in [0.5, 0.6) is 0 Å². The highest BCUT2D eigenvalue weighted by atomic mass is 15.2. The zero-order valence-corrected chi connectivity index (χ0v) is 27.5. The Hall–Kier alpha value is -6.52. The highest BCUT2D eigenvalue weighted by molar-refractivity contribution is 6.73. The van der Waals surface area contributed by atoms with Crippen molar-refractivity contribution < 1.29 is 0 Å². The van der Waals surface area contributed by atoms with Crippen molar-refractivity contribution in [2.75, 3.05) is 14.7 Å². The summed E-state index contributed by atoms with van der Waals surface area (Å²) in [5.41, 5.74) is 12.2. The number of nitrogens with zero attached hydrogens (tertiary/aromatic N) is 3. The van der Waals surface area contributed by atoms with Gasteiger partial charge in [-0.15, -0.1) is 0 Å². The van der Waals surface area contributed by atoms with Gasteiger partial charge in [0.1, 0.15) is 0 Å². The first kappa shape index (κ1) is 29.6. The maximum Gasteiger partial charge on any atom is 0.197 e. The van der Waals surface area contributed by atoms with E-state index in [4.69, 9.17) is 0 Å². The van der Waals surface area contributed by atoms with E-state index >= 15 is 0 Å². The smallest absolute Gasteiger partial charge is 0.197 e. The summed E-state index contributed by atoms with van der Waals surface area (Å²) in [4.78, 5) is 7.11. The van der Waals surface area contributed by atoms with Crippen LogP contribution in [0.15, 0.2) is 200 Å². The molecule has 1 aliphatic rings. The quantitative estimate of drug-likeness (QED) is 0.174. The summed E-state index contributed by atoms with van der Waals surface area (Å²) in [7, 11) is 2.38. The lowest BCUT2D eigenvalue weighted by atomic mass is 9.60. The molecule has 0 saturated heterocycles. The molecular weight excluding hydrogens is 605 g/mol. The Labute approximate surface area is 294 Å². The van der Waals surface area contributed by atoms with E-state index in [1.165, 1.54) is 16.2 Å². The van der Waals surface area contributed by atoms with Crippen LogP contribution in [0.25, 0.3) is 10.8 Å². The largest absolute Gasteiger partial charge is 0.311 e. The van der Waals surface area contributed by atoms with Gasteiger partial charge in [-0.05, 0) is 95.7 Å². The van der Waals surface area contributed by atoms with Gasteiger partial charge in [-0.25, -0.2) is 0 Å². The lowest BCUT2D eigenvalue weighted by Gasteiger charge is -2.34. The van der Waals surface area contributed by atoms with Crippen LogP contribution in [0.2, 0.25) is 0 Å². The van der Waals surface area contributed by atoms with E-state index in [-0.39, 0.29) is 0 Å². The SMILES string of the molecule is [B]1c2ccc(N(c3ccccc3)c3ccccc3)cc2N(c2ccccc2)c2cccc(c2)N(c2ccccc2)c2ccc3ccccc3c21. The first-order chi connectivity index (χ1) is 24.8. The van der Waals surface area contributed by atoms with Crippen molar-refractivity contribution in [3.63, 3.8) is 0 Å². The van der Waals surface area contributed by atoms with Crippen molar-refractivity contribution in [1.29, 1.82) is 0 Å². The number of rotatable bonds is 5. The second-order valence-corrected chi connectivity index (χ2v) is 12.5. The number of benzene rings is 8. The maximum absolute atomic E-state index is 2.40. The number of hydrogen-bond acceptors (Lipinski definition) is 3. The minimum atomic E-state index is 1.08. The molecule has 9 rings (SSSR count). The van der Waals surface area contributed by atoms with Gasteiger partial charge in [0.15, 0.2) is 7.28 Å². The van der Waals surface area contributed by atoms with Crippen LogP contribution in [0.4, 0.5) is 51.2 Å². The highest BCUT2D eigenvalue weighted by Gasteiger charge is 2.26. The molecule has 0 N–H and O–H groups in total. The molecule has 235 valence electrons. The minimum Gasteiger partial charge on any atom is -0.311 e. The van der Waals surface area contributed by atoms with E-state index < -0.39 is 0 Å². The number of fused-ring (bicyclic) bond motifs is 6. The summed E-state index contributed by atoms with van der Waals surface area (Å²) in [5, 5.41) is 2.41. The summed E-state index contributed by atoms with van der Waals surface area (Å²) < 4.78 is 0. The van der Waals surface area contributed by atoms with E-state index in [2.05, 4.69) is 222 Å². The van der Waals surface area contributed by atoms with Gasteiger partial charge < -0.3 is 14.7 Å². The summed E-state index contributed by atoms with van der Waals surface area (Å²) >= 11 is 0. The monoisotopic (exact) mass is 638 g/mol. The third-order valence-corrected chi connectivity index (χ3v) is 9.41. The molecule has 0 spiro atoms. The van der Waals surface area contributed by atoms with Crippen LogP contribution in [-0.4, -0.2) is 7.28 Å². The van der Waals surface area contributed by atoms with Crippen molar-refractivity contribution in [2.45, 2.75) is 0 Å². The van der Waals surface area contributed by atoms with Crippen molar-refractivity contribution in [3.8, 4) is 0 Å². The fourth-order valence-electron chi connectivity index (χ4n) is 7.15. The molecule has 8 aromatic rings. The van der Waals surface area contributed by atoms with Gasteiger partial charge in [-0.1, -0.05) is 126 Å². The van der Waals surface area contributed by atoms with Gasteiger partial charge in [0.05, 0.1) is 0 Å². The fraction of sp³-hybridized carbons (Fsp3) is 0. The Morgan fingerprint density at radius 1 is 0.360 bits per heavy atom. The zero-order valence-electron chi connectivity index (χ0n) is 27.5. The topological polar surface area (TPSA) is 9.72 Å². The molecule has 2 bridgehead atoms. The molecule has 0 aliphatic carbocycles. The Morgan fingerprint density at radius 2 is 0.880 bits per heavy atom. The lowest BCUT2D eigenvalue weighted by molar-refractivity contribution is 1.24. The first-order valence-corrected chi connectivity index (χ1v) is 17.0. The van der Waals surface area contributed by atoms with Crippen molar-refractivity contribution in [1.82, 2.24) is 0 Å². The molecule has 1 heterocycles. The molecule has 0 aromatic heterocycles. The molecule has 50 heavy (non-hydrogen) atoms. The van der Waals surface area contributed by atoms with Gasteiger partial charge in [-0.2, -0.15) is 0 Å². The van der Waals surface area contributed by atoms with Crippen molar-refractivity contribution in [2.24, 2.45) is 0 Å². The Bertz CT molecular complexity index is 2380. The zero-order chi connectivity index (χ0) is 33.3. The Morgan fingerprint density at radius 3 is 1.50 bits per heavy atom. The summed E-state index contributed by atoms with van der Waals surface area (Å²) in [6.45, 7) is 0. The molecule has 8 aromatic carbocycles. The molecule has 1 radical (unpaired) electrons. The first-order valence-electron chi connectivity index (χ1n) is 17.0. The van der Waals surface area contributed by atoms with Crippen LogP contribution >= 0.6 is 0 Å². The highest BCUT2D eigenvalue weighted by Crippen LogP contribution is 2.43. The van der Waals surface area contributed by atoms with Gasteiger partial charge in [-0.3, -0.25) is 0 Å². The normalized spacial score (nSPS) is 12.1. The standard InChI is InChI=1S/C46H33BN3/c1-5-17-35(18-6-1)48(36-19-7-2-8-20-36)41-29-30-43-45(33-41)50(38-23-11-4-12-24-38)40-26-15-25-39(32-40)49(37-21-9-3-10-22-37)44-31-28-34-16-13-14-27-42(34)46(44)47-43/h1-33H. The third kappa shape index (κ3) is 5.37. The molecule has 0 amide bonds. The molecule has 0 saturated carbocycles. The predicted octanol–water partition coefficient (Wildman–Crippen LogP) is 11.2. The van der Waals surface area contributed by atoms with Crippen molar-refractivity contribution >= 4 is 80.2 Å². The molecule has 0 unspecified atom stereocenters. The minimum absolute atomic E-state index is 1.08. The van der Waals surface area contributed by atoms with E-state index in [9.17, 15) is 0 Å². The van der Waals surface area contributed by atoms with Crippen LogP contribution in [0.1, 0.15) is 0 Å². The third-order valence-electron chi connectivity index (χ3n) is 9.41. The summed E-state index contributed by atoms with van der Waals surface area (Å²) in [6, 6.07) is 71.6. The van der Waals surface area contributed by atoms with Gasteiger partial charge >= 0.3 is 0 Å². The number of para-hydroxylation sites is 4. The average Bonchev–Trinajstić information content (AvgIpc) is 3.18. The van der Waals surface area contributed by atoms with E-state index in [0.717, 1.165) is 56.6 Å². The Balaban J connectivity index is 1.35. The predicted molar refractivity (Wildman–Crippen MR) is 213 cm³/mol. The molecule has 0 atom stereocenters. The fourth-order valence-corrected chi connectivity index (χ4v) is 7.15. The van der Waals surface area contributed by atoms with E-state index in [0.29, 0.717) is 0 Å². The molecular formula is C46H33BN3. The second-order valence-electron chi connectivity index (χ2n) is 12.5. The van der Waals surface area contributed by atoms with Crippen LogP contribution in [0, 0.1) is 0 Å². The van der Waals surface area contributed by atoms with Crippen LogP contribution in [-0.2, 0) is 0 Å². The van der Waals surface area contributed by atoms with Crippen LogP contribution < -0.4 is 25.6 Å². The van der Waals surface area contributed by atoms with Gasteiger partial charge in [0.2, 0.25) is 0 Å². The Kier molecular flexibility index (Phi) is 7.60. The maximum atomic E-state index is 2.40. The molecule has 3 nitrogen and oxygen atoms in total. The average molecular weight is 639 g/mol. The van der Waals surface area contributed by atoms with Crippen molar-refractivity contribution in [3.05, 3.63) is 200 Å². The van der Waals surface area contributed by atoms with E-state index in [1.807, 2.05) is 0 Å². The summed E-state index contributed by atoms with van der Waals surface area (Å²) in [5.74, 6) is 0. The van der Waals surface area contributed by atoms with Gasteiger partial charge in [0.25, 0.3) is 0 Å². The van der Waals surface area contributed by atoms with Crippen LogP contribution in [0.3, 0.4) is 0 Å². The number of hydrogen-bond donors (Lipinski definition) is 0. The molecule has 1 aliphatic heterocycles.